The van der Waals surface area contributed by atoms with Crippen molar-refractivity contribution in [1.82, 2.24) is 0 Å². The molecular formula is C14H18FO. The highest BCUT2D eigenvalue weighted by Crippen LogP contribution is 2.41. The molecule has 0 bridgehead atoms. The smallest absolute Gasteiger partial charge is 0.126 e. The fourth-order valence-corrected chi connectivity index (χ4v) is 2.04. The molecule has 1 aromatic carbocycles. The van der Waals surface area contributed by atoms with Crippen LogP contribution in [0.1, 0.15) is 44.7 Å². The first-order valence-corrected chi connectivity index (χ1v) is 5.67. The molecular weight excluding hydrogens is 203 g/mol. The molecule has 1 nitrogen and oxygen atoms in total. The van der Waals surface area contributed by atoms with E-state index in [4.69, 9.17) is 0 Å². The van der Waals surface area contributed by atoms with Crippen molar-refractivity contribution in [2.45, 2.75) is 44.6 Å². The third-order valence-corrected chi connectivity index (χ3v) is 3.28. The molecule has 0 heterocycles. The molecule has 0 aromatic heterocycles. The van der Waals surface area contributed by atoms with Gasteiger partial charge < -0.3 is 5.11 Å². The Labute approximate surface area is 96.3 Å². The van der Waals surface area contributed by atoms with Crippen LogP contribution in [-0.2, 0) is 11.0 Å². The van der Waals surface area contributed by atoms with E-state index >= 15 is 0 Å². The van der Waals surface area contributed by atoms with E-state index in [9.17, 15) is 9.50 Å². The summed E-state index contributed by atoms with van der Waals surface area (Å²) in [5.41, 5.74) is 0.518. The third-order valence-electron chi connectivity index (χ3n) is 3.28. The van der Waals surface area contributed by atoms with E-state index in [1.807, 2.05) is 33.3 Å². The van der Waals surface area contributed by atoms with Gasteiger partial charge in [0.15, 0.2) is 0 Å². The van der Waals surface area contributed by atoms with Crippen LogP contribution in [0.4, 0.5) is 4.39 Å². The zero-order chi connectivity index (χ0) is 12.0. The average molecular weight is 221 g/mol. The van der Waals surface area contributed by atoms with Crippen molar-refractivity contribution >= 4 is 0 Å². The molecule has 16 heavy (non-hydrogen) atoms. The lowest BCUT2D eigenvalue weighted by Gasteiger charge is -2.37. The molecule has 1 radical (unpaired) electrons. The second kappa shape index (κ2) is 3.56. The molecule has 1 fully saturated rings. The molecule has 0 spiro atoms. The van der Waals surface area contributed by atoms with Gasteiger partial charge in [-0.25, -0.2) is 4.39 Å². The van der Waals surface area contributed by atoms with Crippen molar-refractivity contribution in [2.75, 3.05) is 0 Å². The lowest BCUT2D eigenvalue weighted by atomic mass is 9.73. The Balaban J connectivity index is 2.43. The van der Waals surface area contributed by atoms with Crippen LogP contribution in [0.3, 0.4) is 0 Å². The van der Waals surface area contributed by atoms with Gasteiger partial charge in [-0.3, -0.25) is 0 Å². The number of hydrogen-bond donors (Lipinski definition) is 1. The van der Waals surface area contributed by atoms with Gasteiger partial charge in [-0.1, -0.05) is 26.8 Å². The summed E-state index contributed by atoms with van der Waals surface area (Å²) in [4.78, 5) is 0. The molecule has 1 aliphatic rings. The van der Waals surface area contributed by atoms with E-state index in [2.05, 4.69) is 0 Å². The van der Waals surface area contributed by atoms with Crippen LogP contribution >= 0.6 is 0 Å². The lowest BCUT2D eigenvalue weighted by Crippen LogP contribution is -2.34. The van der Waals surface area contributed by atoms with E-state index < -0.39 is 5.60 Å². The SMILES string of the molecule is CC(C)(C)c1cc(C2(O)C[CH]C2)ccc1F. The standard InChI is InChI=1S/C14H18FO/c1-13(2,3)11-9-10(5-6-12(11)15)14(16)7-4-8-14/h4-6,9,16H,7-8H2,1-3H3. The van der Waals surface area contributed by atoms with E-state index in [-0.39, 0.29) is 11.2 Å². The number of hydrogen-bond acceptors (Lipinski definition) is 1. The maximum atomic E-state index is 13.7. The zero-order valence-corrected chi connectivity index (χ0v) is 10.0. The summed E-state index contributed by atoms with van der Waals surface area (Å²) in [6.45, 7) is 5.93. The molecule has 2 rings (SSSR count). The summed E-state index contributed by atoms with van der Waals surface area (Å²) < 4.78 is 13.7. The third kappa shape index (κ3) is 1.86. The Bertz CT molecular complexity index is 400. The first kappa shape index (κ1) is 11.6. The highest BCUT2D eigenvalue weighted by molar-refractivity contribution is 5.35. The normalized spacial score (nSPS) is 19.3. The zero-order valence-electron chi connectivity index (χ0n) is 10.0. The highest BCUT2D eigenvalue weighted by atomic mass is 19.1. The molecule has 0 unspecified atom stereocenters. The summed E-state index contributed by atoms with van der Waals surface area (Å²) in [6.07, 6.45) is 3.38. The first-order chi connectivity index (χ1) is 7.33. The van der Waals surface area contributed by atoms with Crippen molar-refractivity contribution in [3.05, 3.63) is 41.6 Å². The summed E-state index contributed by atoms with van der Waals surface area (Å²) in [7, 11) is 0. The van der Waals surface area contributed by atoms with E-state index in [0.717, 1.165) is 5.56 Å². The van der Waals surface area contributed by atoms with Crippen LogP contribution in [0, 0.1) is 12.2 Å². The van der Waals surface area contributed by atoms with Crippen LogP contribution in [0.5, 0.6) is 0 Å². The van der Waals surface area contributed by atoms with Crippen LogP contribution in [0.15, 0.2) is 18.2 Å². The fourth-order valence-electron chi connectivity index (χ4n) is 2.04. The van der Waals surface area contributed by atoms with Gasteiger partial charge in [0.25, 0.3) is 0 Å². The topological polar surface area (TPSA) is 20.2 Å². The van der Waals surface area contributed by atoms with E-state index in [1.165, 1.54) is 6.07 Å². The molecule has 0 amide bonds. The maximum absolute atomic E-state index is 13.7. The predicted octanol–water partition coefficient (Wildman–Crippen LogP) is 3.31. The molecule has 0 atom stereocenters. The van der Waals surface area contributed by atoms with Crippen LogP contribution in [-0.4, -0.2) is 5.11 Å². The molecule has 0 saturated heterocycles. The summed E-state index contributed by atoms with van der Waals surface area (Å²) in [6, 6.07) is 4.96. The summed E-state index contributed by atoms with van der Waals surface area (Å²) in [5.74, 6) is -0.192. The molecule has 1 N–H and O–H groups in total. The average Bonchev–Trinajstić information content (AvgIpc) is 2.13. The lowest BCUT2D eigenvalue weighted by molar-refractivity contribution is -0.00590. The molecule has 87 valence electrons. The minimum absolute atomic E-state index is 0.192. The molecule has 1 aromatic rings. The second-order valence-electron chi connectivity index (χ2n) is 5.67. The van der Waals surface area contributed by atoms with Crippen molar-refractivity contribution in [2.24, 2.45) is 0 Å². The molecule has 1 aliphatic carbocycles. The predicted molar refractivity (Wildman–Crippen MR) is 62.5 cm³/mol. The van der Waals surface area contributed by atoms with Gasteiger partial charge in [0.1, 0.15) is 5.82 Å². The van der Waals surface area contributed by atoms with Gasteiger partial charge in [0.05, 0.1) is 5.60 Å². The number of benzene rings is 1. The fraction of sp³-hybridized carbons (Fsp3) is 0.500. The second-order valence-corrected chi connectivity index (χ2v) is 5.67. The van der Waals surface area contributed by atoms with Crippen molar-refractivity contribution in [1.29, 1.82) is 0 Å². The van der Waals surface area contributed by atoms with E-state index in [1.54, 1.807) is 6.07 Å². The number of rotatable bonds is 1. The van der Waals surface area contributed by atoms with Gasteiger partial charge in [-0.2, -0.15) is 0 Å². The Morgan fingerprint density at radius 2 is 1.88 bits per heavy atom. The molecule has 0 aliphatic heterocycles. The van der Waals surface area contributed by atoms with Crippen LogP contribution < -0.4 is 0 Å². The van der Waals surface area contributed by atoms with Crippen molar-refractivity contribution < 1.29 is 9.50 Å². The monoisotopic (exact) mass is 221 g/mol. The van der Waals surface area contributed by atoms with Crippen molar-refractivity contribution in [3.63, 3.8) is 0 Å². The first-order valence-electron chi connectivity index (χ1n) is 5.67. The van der Waals surface area contributed by atoms with Crippen molar-refractivity contribution in [3.8, 4) is 0 Å². The highest BCUT2D eigenvalue weighted by Gasteiger charge is 2.37. The van der Waals surface area contributed by atoms with Gasteiger partial charge >= 0.3 is 0 Å². The van der Waals surface area contributed by atoms with Gasteiger partial charge in [0, 0.05) is 0 Å². The van der Waals surface area contributed by atoms with Crippen LogP contribution in [0.25, 0.3) is 0 Å². The van der Waals surface area contributed by atoms with Gasteiger partial charge in [-0.15, -0.1) is 0 Å². The minimum Gasteiger partial charge on any atom is -0.385 e. The molecule has 1 saturated carbocycles. The van der Waals surface area contributed by atoms with Gasteiger partial charge in [0.2, 0.25) is 0 Å². The number of aliphatic hydroxyl groups is 1. The Morgan fingerprint density at radius 3 is 2.31 bits per heavy atom. The van der Waals surface area contributed by atoms with Crippen LogP contribution in [0.2, 0.25) is 0 Å². The molecule has 2 heteroatoms. The largest absolute Gasteiger partial charge is 0.385 e. The Hall–Kier alpha value is -0.890. The quantitative estimate of drug-likeness (QED) is 0.771. The van der Waals surface area contributed by atoms with Gasteiger partial charge in [-0.05, 0) is 47.9 Å². The maximum Gasteiger partial charge on any atom is 0.126 e. The Kier molecular flexibility index (Phi) is 2.58. The minimum atomic E-state index is -0.756. The Morgan fingerprint density at radius 1 is 1.25 bits per heavy atom. The van der Waals surface area contributed by atoms with E-state index in [0.29, 0.717) is 18.4 Å². The summed E-state index contributed by atoms with van der Waals surface area (Å²) in [5, 5.41) is 10.2. The summed E-state index contributed by atoms with van der Waals surface area (Å²) >= 11 is 0. The number of halogens is 1.